The molecule has 0 saturated heterocycles. The van der Waals surface area contributed by atoms with Gasteiger partial charge in [0.05, 0.1) is 27.0 Å². The Kier molecular flexibility index (Phi) is 5.31. The molecule has 0 heterocycles. The van der Waals surface area contributed by atoms with Gasteiger partial charge in [-0.15, -0.1) is 0 Å². The molecular formula is C16H17FN2O5. The van der Waals surface area contributed by atoms with Crippen LogP contribution in [-0.4, -0.2) is 32.5 Å². The van der Waals surface area contributed by atoms with E-state index in [9.17, 15) is 9.18 Å². The van der Waals surface area contributed by atoms with Gasteiger partial charge in [-0.1, -0.05) is 0 Å². The molecule has 2 rings (SSSR count). The predicted octanol–water partition coefficient (Wildman–Crippen LogP) is 3.20. The average molecular weight is 336 g/mol. The fourth-order valence-electron chi connectivity index (χ4n) is 2.03. The van der Waals surface area contributed by atoms with Gasteiger partial charge in [0.2, 0.25) is 5.75 Å². The standard InChI is InChI=1S/C16H17FN2O5/c1-22-13-7-10(8-14(23-2)15(13)24-3)19-16(21)18-9-4-5-12(20)11(17)6-9/h4-8,20H,1-3H3,(H2,18,19,21). The first-order valence-corrected chi connectivity index (χ1v) is 6.85. The zero-order valence-corrected chi connectivity index (χ0v) is 13.3. The van der Waals surface area contributed by atoms with Crippen molar-refractivity contribution in [1.82, 2.24) is 0 Å². The number of phenols is 1. The number of urea groups is 1. The van der Waals surface area contributed by atoms with Crippen LogP contribution in [-0.2, 0) is 0 Å². The Morgan fingerprint density at radius 1 is 0.958 bits per heavy atom. The van der Waals surface area contributed by atoms with E-state index >= 15 is 0 Å². The van der Waals surface area contributed by atoms with Gasteiger partial charge in [-0.25, -0.2) is 9.18 Å². The molecule has 0 unspecified atom stereocenters. The number of halogens is 1. The first-order valence-electron chi connectivity index (χ1n) is 6.85. The fraction of sp³-hybridized carbons (Fsp3) is 0.188. The smallest absolute Gasteiger partial charge is 0.323 e. The molecule has 0 aliphatic carbocycles. The summed E-state index contributed by atoms with van der Waals surface area (Å²) in [5, 5.41) is 14.2. The molecule has 0 saturated carbocycles. The Morgan fingerprint density at radius 2 is 1.54 bits per heavy atom. The first kappa shape index (κ1) is 17.2. The van der Waals surface area contributed by atoms with Crippen LogP contribution < -0.4 is 24.8 Å². The van der Waals surface area contributed by atoms with Gasteiger partial charge in [-0.05, 0) is 12.1 Å². The van der Waals surface area contributed by atoms with Gasteiger partial charge in [-0.3, -0.25) is 0 Å². The highest BCUT2D eigenvalue weighted by molar-refractivity contribution is 6.00. The second-order valence-corrected chi connectivity index (χ2v) is 4.66. The minimum absolute atomic E-state index is 0.190. The minimum atomic E-state index is -0.833. The number of aromatic hydroxyl groups is 1. The van der Waals surface area contributed by atoms with Crippen LogP contribution in [0.3, 0.4) is 0 Å². The molecule has 0 atom stereocenters. The highest BCUT2D eigenvalue weighted by atomic mass is 19.1. The Labute approximate surface area is 138 Å². The van der Waals surface area contributed by atoms with Crippen molar-refractivity contribution in [3.05, 3.63) is 36.1 Å². The lowest BCUT2D eigenvalue weighted by Crippen LogP contribution is -2.19. The van der Waals surface area contributed by atoms with Gasteiger partial charge < -0.3 is 30.0 Å². The van der Waals surface area contributed by atoms with Crippen molar-refractivity contribution in [2.45, 2.75) is 0 Å². The van der Waals surface area contributed by atoms with Gasteiger partial charge in [0.15, 0.2) is 23.1 Å². The number of methoxy groups -OCH3 is 3. The third-order valence-corrected chi connectivity index (χ3v) is 3.13. The second-order valence-electron chi connectivity index (χ2n) is 4.66. The lowest BCUT2D eigenvalue weighted by molar-refractivity contribution is 0.262. The molecule has 128 valence electrons. The van der Waals surface area contributed by atoms with Crippen LogP contribution in [0.5, 0.6) is 23.0 Å². The number of ether oxygens (including phenoxy) is 3. The van der Waals surface area contributed by atoms with Crippen LogP contribution in [0.15, 0.2) is 30.3 Å². The number of nitrogens with one attached hydrogen (secondary N) is 2. The maximum Gasteiger partial charge on any atom is 0.323 e. The lowest BCUT2D eigenvalue weighted by Gasteiger charge is -2.15. The third-order valence-electron chi connectivity index (χ3n) is 3.13. The van der Waals surface area contributed by atoms with Crippen molar-refractivity contribution < 1.29 is 28.5 Å². The molecule has 24 heavy (non-hydrogen) atoms. The number of rotatable bonds is 5. The maximum absolute atomic E-state index is 13.3. The third kappa shape index (κ3) is 3.78. The summed E-state index contributed by atoms with van der Waals surface area (Å²) < 4.78 is 28.9. The fourth-order valence-corrected chi connectivity index (χ4v) is 2.03. The Balaban J connectivity index is 2.17. The number of phenolic OH excluding ortho intramolecular Hbond substituents is 1. The van der Waals surface area contributed by atoms with E-state index in [1.807, 2.05) is 0 Å². The van der Waals surface area contributed by atoms with Crippen molar-refractivity contribution in [3.8, 4) is 23.0 Å². The SMILES string of the molecule is COc1cc(NC(=O)Nc2ccc(O)c(F)c2)cc(OC)c1OC. The van der Waals surface area contributed by atoms with E-state index < -0.39 is 17.6 Å². The summed E-state index contributed by atoms with van der Waals surface area (Å²) in [5.41, 5.74) is 0.580. The number of amides is 2. The number of carbonyl (C=O) groups is 1. The molecule has 7 nitrogen and oxygen atoms in total. The summed E-state index contributed by atoms with van der Waals surface area (Å²) in [4.78, 5) is 12.0. The largest absolute Gasteiger partial charge is 0.505 e. The summed E-state index contributed by atoms with van der Waals surface area (Å²) in [6, 6.07) is 6.02. The molecule has 0 spiro atoms. The van der Waals surface area contributed by atoms with E-state index in [4.69, 9.17) is 19.3 Å². The average Bonchev–Trinajstić information content (AvgIpc) is 2.57. The molecular weight excluding hydrogens is 319 g/mol. The van der Waals surface area contributed by atoms with Gasteiger partial charge in [0.25, 0.3) is 0 Å². The lowest BCUT2D eigenvalue weighted by atomic mass is 10.2. The van der Waals surface area contributed by atoms with Crippen LogP contribution >= 0.6 is 0 Å². The van der Waals surface area contributed by atoms with Gasteiger partial charge in [-0.2, -0.15) is 0 Å². The second kappa shape index (κ2) is 7.40. The highest BCUT2D eigenvalue weighted by Gasteiger charge is 2.14. The van der Waals surface area contributed by atoms with Crippen LogP contribution in [0, 0.1) is 5.82 Å². The van der Waals surface area contributed by atoms with Gasteiger partial charge in [0.1, 0.15) is 0 Å². The molecule has 2 aromatic rings. The Bertz CT molecular complexity index is 726. The van der Waals surface area contributed by atoms with Gasteiger partial charge in [0, 0.05) is 23.9 Å². The van der Waals surface area contributed by atoms with Crippen molar-refractivity contribution in [1.29, 1.82) is 0 Å². The number of hydrogen-bond donors (Lipinski definition) is 3. The summed E-state index contributed by atoms with van der Waals surface area (Å²) in [6.45, 7) is 0. The predicted molar refractivity (Wildman–Crippen MR) is 86.8 cm³/mol. The monoisotopic (exact) mass is 336 g/mol. The molecule has 3 N–H and O–H groups in total. The zero-order chi connectivity index (χ0) is 17.7. The number of carbonyl (C=O) groups excluding carboxylic acids is 1. The van der Waals surface area contributed by atoms with Crippen LogP contribution in [0.4, 0.5) is 20.6 Å². The van der Waals surface area contributed by atoms with Gasteiger partial charge >= 0.3 is 6.03 Å². The van der Waals surface area contributed by atoms with E-state index in [2.05, 4.69) is 10.6 Å². The van der Waals surface area contributed by atoms with Crippen LogP contribution in [0.25, 0.3) is 0 Å². The molecule has 0 aromatic heterocycles. The molecule has 8 heteroatoms. The summed E-state index contributed by atoms with van der Waals surface area (Å²) in [6.07, 6.45) is 0. The molecule has 0 aliphatic heterocycles. The number of hydrogen-bond acceptors (Lipinski definition) is 5. The maximum atomic E-state index is 13.3. The van der Waals surface area contributed by atoms with Crippen LogP contribution in [0.2, 0.25) is 0 Å². The van der Waals surface area contributed by atoms with E-state index in [0.717, 1.165) is 12.1 Å². The summed E-state index contributed by atoms with van der Waals surface area (Å²) in [5.74, 6) is -0.177. The normalized spacial score (nSPS) is 10.0. The van der Waals surface area contributed by atoms with Crippen molar-refractivity contribution in [2.24, 2.45) is 0 Å². The minimum Gasteiger partial charge on any atom is -0.505 e. The molecule has 0 aliphatic rings. The number of benzene rings is 2. The molecule has 0 bridgehead atoms. The molecule has 2 aromatic carbocycles. The number of anilines is 2. The van der Waals surface area contributed by atoms with E-state index in [1.54, 1.807) is 12.1 Å². The topological polar surface area (TPSA) is 89.1 Å². The highest BCUT2D eigenvalue weighted by Crippen LogP contribution is 2.39. The molecule has 2 amide bonds. The molecule has 0 radical (unpaired) electrons. The summed E-state index contributed by atoms with van der Waals surface area (Å²) >= 11 is 0. The van der Waals surface area contributed by atoms with Crippen LogP contribution in [0.1, 0.15) is 0 Å². The van der Waals surface area contributed by atoms with Crippen molar-refractivity contribution in [2.75, 3.05) is 32.0 Å². The Morgan fingerprint density at radius 3 is 2.04 bits per heavy atom. The Hall–Kier alpha value is -3.16. The molecule has 0 fully saturated rings. The zero-order valence-electron chi connectivity index (χ0n) is 13.3. The quantitative estimate of drug-likeness (QED) is 0.730. The van der Waals surface area contributed by atoms with Crippen molar-refractivity contribution >= 4 is 17.4 Å². The van der Waals surface area contributed by atoms with Crippen molar-refractivity contribution in [3.63, 3.8) is 0 Å². The van der Waals surface area contributed by atoms with E-state index in [1.165, 1.54) is 27.4 Å². The summed E-state index contributed by atoms with van der Waals surface area (Å²) in [7, 11) is 4.39. The van der Waals surface area contributed by atoms with E-state index in [-0.39, 0.29) is 5.69 Å². The van der Waals surface area contributed by atoms with E-state index in [0.29, 0.717) is 22.9 Å². The first-order chi connectivity index (χ1) is 11.5.